The van der Waals surface area contributed by atoms with Crippen LogP contribution in [0.4, 0.5) is 0 Å². The van der Waals surface area contributed by atoms with Gasteiger partial charge in [0, 0.05) is 12.6 Å². The number of likely N-dealkylation sites (tertiary alicyclic amines) is 1. The molecule has 1 unspecified atom stereocenters. The van der Waals surface area contributed by atoms with Crippen LogP contribution in [-0.4, -0.2) is 24.0 Å². The molecule has 0 aromatic carbocycles. The van der Waals surface area contributed by atoms with Crippen molar-refractivity contribution in [3.05, 3.63) is 0 Å². The molecule has 0 aromatic rings. The highest BCUT2D eigenvalue weighted by molar-refractivity contribution is 4.80. The van der Waals surface area contributed by atoms with Crippen molar-refractivity contribution in [2.45, 2.75) is 77.2 Å². The molecule has 1 heterocycles. The van der Waals surface area contributed by atoms with Crippen molar-refractivity contribution in [1.29, 1.82) is 0 Å². The average Bonchev–Trinajstić information content (AvgIpc) is 2.72. The van der Waals surface area contributed by atoms with Gasteiger partial charge in [-0.2, -0.15) is 0 Å². The van der Waals surface area contributed by atoms with Crippen LogP contribution in [0, 0.1) is 5.92 Å². The maximum Gasteiger partial charge on any atom is 0.00953 e. The Balaban J connectivity index is 1.80. The van der Waals surface area contributed by atoms with Crippen LogP contribution < -0.4 is 0 Å². The van der Waals surface area contributed by atoms with Crippen LogP contribution >= 0.6 is 0 Å². The first-order valence-electron chi connectivity index (χ1n) is 7.60. The summed E-state index contributed by atoms with van der Waals surface area (Å²) in [6.07, 6.45) is 14.8. The van der Waals surface area contributed by atoms with Crippen LogP contribution in [-0.2, 0) is 0 Å². The fourth-order valence-electron chi connectivity index (χ4n) is 3.45. The molecule has 16 heavy (non-hydrogen) atoms. The maximum atomic E-state index is 2.80. The molecule has 2 aliphatic rings. The molecule has 1 aliphatic heterocycles. The molecule has 0 radical (unpaired) electrons. The van der Waals surface area contributed by atoms with Crippen molar-refractivity contribution < 1.29 is 0 Å². The van der Waals surface area contributed by atoms with Gasteiger partial charge in [-0.1, -0.05) is 51.9 Å². The summed E-state index contributed by atoms with van der Waals surface area (Å²) in [4.78, 5) is 2.80. The lowest BCUT2D eigenvalue weighted by Crippen LogP contribution is -2.33. The molecule has 1 saturated heterocycles. The molecule has 94 valence electrons. The molecule has 1 atom stereocenters. The maximum absolute atomic E-state index is 2.80. The van der Waals surface area contributed by atoms with E-state index in [1.54, 1.807) is 0 Å². The minimum atomic E-state index is 0.933. The van der Waals surface area contributed by atoms with Crippen molar-refractivity contribution in [3.8, 4) is 0 Å². The molecule has 1 heteroatoms. The Morgan fingerprint density at radius 1 is 0.750 bits per heavy atom. The van der Waals surface area contributed by atoms with Crippen molar-refractivity contribution in [2.75, 3.05) is 13.1 Å². The van der Waals surface area contributed by atoms with Crippen LogP contribution in [0.2, 0.25) is 0 Å². The topological polar surface area (TPSA) is 3.24 Å². The fraction of sp³-hybridized carbons (Fsp3) is 1.00. The highest BCUT2D eigenvalue weighted by atomic mass is 15.2. The van der Waals surface area contributed by atoms with Gasteiger partial charge >= 0.3 is 0 Å². The van der Waals surface area contributed by atoms with E-state index in [1.165, 1.54) is 77.3 Å². The minimum Gasteiger partial charge on any atom is -0.300 e. The van der Waals surface area contributed by atoms with E-state index in [-0.39, 0.29) is 0 Å². The summed E-state index contributed by atoms with van der Waals surface area (Å²) in [5.74, 6) is 0.954. The van der Waals surface area contributed by atoms with Crippen LogP contribution in [0.3, 0.4) is 0 Å². The first-order valence-corrected chi connectivity index (χ1v) is 7.60. The first kappa shape index (κ1) is 12.4. The molecule has 2 fully saturated rings. The second-order valence-corrected chi connectivity index (χ2v) is 6.09. The first-order chi connectivity index (χ1) is 7.86. The SMILES string of the molecule is CC1CCN(C2CCCCCCCCC2)C1. The molecular weight excluding hydrogens is 194 g/mol. The lowest BCUT2D eigenvalue weighted by atomic mass is 9.96. The third-order valence-electron chi connectivity index (χ3n) is 4.55. The molecular formula is C15H29N. The average molecular weight is 223 g/mol. The van der Waals surface area contributed by atoms with E-state index in [0.717, 1.165) is 12.0 Å². The number of hydrogen-bond acceptors (Lipinski definition) is 1. The third kappa shape index (κ3) is 3.76. The summed E-state index contributed by atoms with van der Waals surface area (Å²) in [6, 6.07) is 0.933. The summed E-state index contributed by atoms with van der Waals surface area (Å²) < 4.78 is 0. The van der Waals surface area contributed by atoms with E-state index in [2.05, 4.69) is 11.8 Å². The molecule has 1 saturated carbocycles. The van der Waals surface area contributed by atoms with Crippen molar-refractivity contribution in [1.82, 2.24) is 4.90 Å². The highest BCUT2D eigenvalue weighted by Gasteiger charge is 2.25. The smallest absolute Gasteiger partial charge is 0.00953 e. The third-order valence-corrected chi connectivity index (χ3v) is 4.55. The van der Waals surface area contributed by atoms with E-state index in [1.807, 2.05) is 0 Å². The minimum absolute atomic E-state index is 0.933. The summed E-state index contributed by atoms with van der Waals surface area (Å²) in [7, 11) is 0. The summed E-state index contributed by atoms with van der Waals surface area (Å²) in [5, 5.41) is 0. The van der Waals surface area contributed by atoms with Gasteiger partial charge in [-0.15, -0.1) is 0 Å². The van der Waals surface area contributed by atoms with Gasteiger partial charge in [-0.3, -0.25) is 0 Å². The second kappa shape index (κ2) is 6.64. The summed E-state index contributed by atoms with van der Waals surface area (Å²) in [6.45, 7) is 5.18. The zero-order valence-electron chi connectivity index (χ0n) is 11.1. The highest BCUT2D eigenvalue weighted by Crippen LogP contribution is 2.25. The van der Waals surface area contributed by atoms with Crippen molar-refractivity contribution in [2.24, 2.45) is 5.92 Å². The Bertz CT molecular complexity index is 180. The Kier molecular flexibility index (Phi) is 5.15. The van der Waals surface area contributed by atoms with Crippen LogP contribution in [0.25, 0.3) is 0 Å². The quantitative estimate of drug-likeness (QED) is 0.643. The van der Waals surface area contributed by atoms with Gasteiger partial charge in [0.25, 0.3) is 0 Å². The molecule has 2 rings (SSSR count). The van der Waals surface area contributed by atoms with E-state index >= 15 is 0 Å². The zero-order chi connectivity index (χ0) is 11.2. The molecule has 1 nitrogen and oxygen atoms in total. The van der Waals surface area contributed by atoms with Gasteiger partial charge in [0.05, 0.1) is 0 Å². The largest absolute Gasteiger partial charge is 0.300 e. The predicted molar refractivity (Wildman–Crippen MR) is 70.7 cm³/mol. The van der Waals surface area contributed by atoms with Crippen molar-refractivity contribution in [3.63, 3.8) is 0 Å². The monoisotopic (exact) mass is 223 g/mol. The van der Waals surface area contributed by atoms with Crippen molar-refractivity contribution >= 4 is 0 Å². The number of hydrogen-bond donors (Lipinski definition) is 0. The lowest BCUT2D eigenvalue weighted by Gasteiger charge is -2.28. The van der Waals surface area contributed by atoms with Gasteiger partial charge < -0.3 is 4.90 Å². The van der Waals surface area contributed by atoms with E-state index in [4.69, 9.17) is 0 Å². The summed E-state index contributed by atoms with van der Waals surface area (Å²) in [5.41, 5.74) is 0. The predicted octanol–water partition coefficient (Wildman–Crippen LogP) is 4.22. The molecule has 0 N–H and O–H groups in total. The molecule has 0 amide bonds. The second-order valence-electron chi connectivity index (χ2n) is 6.09. The Morgan fingerprint density at radius 2 is 1.31 bits per heavy atom. The van der Waals surface area contributed by atoms with Crippen LogP contribution in [0.15, 0.2) is 0 Å². The zero-order valence-corrected chi connectivity index (χ0v) is 11.1. The van der Waals surface area contributed by atoms with E-state index < -0.39 is 0 Å². The van der Waals surface area contributed by atoms with Gasteiger partial charge in [0.1, 0.15) is 0 Å². The van der Waals surface area contributed by atoms with Gasteiger partial charge in [0.15, 0.2) is 0 Å². The van der Waals surface area contributed by atoms with Gasteiger partial charge in [0.2, 0.25) is 0 Å². The Hall–Kier alpha value is -0.0400. The van der Waals surface area contributed by atoms with Gasteiger partial charge in [-0.05, 0) is 31.7 Å². The molecule has 0 aromatic heterocycles. The molecule has 0 spiro atoms. The Labute approximate surface area is 102 Å². The number of rotatable bonds is 1. The van der Waals surface area contributed by atoms with Gasteiger partial charge in [-0.25, -0.2) is 0 Å². The van der Waals surface area contributed by atoms with E-state index in [9.17, 15) is 0 Å². The normalized spacial score (nSPS) is 31.7. The van der Waals surface area contributed by atoms with E-state index in [0.29, 0.717) is 0 Å². The Morgan fingerprint density at radius 3 is 1.81 bits per heavy atom. The van der Waals surface area contributed by atoms with Crippen LogP contribution in [0.1, 0.15) is 71.1 Å². The molecule has 0 bridgehead atoms. The fourth-order valence-corrected chi connectivity index (χ4v) is 3.45. The lowest BCUT2D eigenvalue weighted by molar-refractivity contribution is 0.201. The number of nitrogens with zero attached hydrogens (tertiary/aromatic N) is 1. The van der Waals surface area contributed by atoms with Crippen LogP contribution in [0.5, 0.6) is 0 Å². The standard InChI is InChI=1S/C15H29N/c1-14-11-12-16(13-14)15-9-7-5-3-2-4-6-8-10-15/h14-15H,2-13H2,1H3. The summed E-state index contributed by atoms with van der Waals surface area (Å²) >= 11 is 0. The molecule has 1 aliphatic carbocycles.